The maximum Gasteiger partial charge on any atom is 0.274 e. The molecule has 2 aliphatic rings. The number of amides is 1. The molecule has 3 rings (SSSR count). The van der Waals surface area contributed by atoms with Gasteiger partial charge in [0.1, 0.15) is 6.10 Å². The second-order valence-electron chi connectivity index (χ2n) is 6.76. The highest BCUT2D eigenvalue weighted by molar-refractivity contribution is 5.82. The van der Waals surface area contributed by atoms with E-state index in [-0.39, 0.29) is 30.3 Å². The number of carbonyl (C=O) groups is 1. The number of fused-ring (bicyclic) bond motifs is 1. The van der Waals surface area contributed by atoms with Crippen molar-refractivity contribution in [3.63, 3.8) is 0 Å². The summed E-state index contributed by atoms with van der Waals surface area (Å²) >= 11 is 0. The predicted octanol–water partition coefficient (Wildman–Crippen LogP) is -1.77. The molecular weight excluding hydrogens is 328 g/mol. The molecule has 1 aromatic rings. The maximum absolute atomic E-state index is 12.0. The first-order chi connectivity index (χ1) is 11.7. The van der Waals surface area contributed by atoms with Crippen LogP contribution < -0.4 is 15.6 Å². The second-order valence-corrected chi connectivity index (χ2v) is 6.76. The molecule has 0 saturated carbocycles. The fraction of sp³-hybridized carbons (Fsp3) is 0.667. The van der Waals surface area contributed by atoms with Crippen molar-refractivity contribution in [3.05, 3.63) is 12.0 Å². The Morgan fingerprint density at radius 2 is 2.20 bits per heavy atom. The van der Waals surface area contributed by atoms with Crippen molar-refractivity contribution in [2.24, 2.45) is 23.7 Å². The van der Waals surface area contributed by atoms with Crippen LogP contribution in [0.2, 0.25) is 0 Å². The van der Waals surface area contributed by atoms with Crippen LogP contribution in [0.4, 0.5) is 5.82 Å². The van der Waals surface area contributed by atoms with Gasteiger partial charge in [0.2, 0.25) is 24.2 Å². The molecule has 1 unspecified atom stereocenters. The number of nitrogens with two attached hydrogens (primary N) is 1. The zero-order valence-electron chi connectivity index (χ0n) is 14.7. The van der Waals surface area contributed by atoms with Crippen LogP contribution in [0.1, 0.15) is 31.5 Å². The summed E-state index contributed by atoms with van der Waals surface area (Å²) in [7, 11) is 5.12. The number of ether oxygens (including phenoxy) is 1. The molecule has 0 bridgehead atoms. The third-order valence-corrected chi connectivity index (χ3v) is 4.79. The minimum absolute atomic E-state index is 0.0675. The lowest BCUT2D eigenvalue weighted by Crippen LogP contribution is -2.43. The minimum Gasteiger partial charge on any atom is -0.386 e. The topological polar surface area (TPSA) is 129 Å². The van der Waals surface area contributed by atoms with Gasteiger partial charge < -0.3 is 30.9 Å². The van der Waals surface area contributed by atoms with Crippen molar-refractivity contribution >= 4 is 17.7 Å². The number of nitrogens with one attached hydrogen (secondary N) is 1. The number of rotatable bonds is 3. The summed E-state index contributed by atoms with van der Waals surface area (Å²) in [5.74, 6) is 0.0975. The lowest BCUT2D eigenvalue weighted by Gasteiger charge is -2.19. The van der Waals surface area contributed by atoms with Gasteiger partial charge in [-0.15, -0.1) is 0 Å². The first-order valence-corrected chi connectivity index (χ1v) is 8.13. The summed E-state index contributed by atoms with van der Waals surface area (Å²) in [6.45, 7) is 1.83. The van der Waals surface area contributed by atoms with Crippen LogP contribution in [0.5, 0.6) is 0 Å². The number of aliphatic hydroxyl groups excluding tert-OH is 2. The lowest BCUT2D eigenvalue weighted by atomic mass is 9.94. The zero-order valence-corrected chi connectivity index (χ0v) is 14.7. The van der Waals surface area contributed by atoms with Crippen molar-refractivity contribution in [2.75, 3.05) is 14.1 Å². The van der Waals surface area contributed by atoms with Gasteiger partial charge in [0.05, 0.1) is 13.2 Å². The number of guanidine groups is 1. The summed E-state index contributed by atoms with van der Waals surface area (Å²) in [5.41, 5.74) is 6.23. The van der Waals surface area contributed by atoms with Gasteiger partial charge in [0.25, 0.3) is 5.82 Å². The zero-order chi connectivity index (χ0) is 18.5. The Kier molecular flexibility index (Phi) is 4.43. The Morgan fingerprint density at radius 1 is 1.52 bits per heavy atom. The summed E-state index contributed by atoms with van der Waals surface area (Å²) in [6, 6.07) is 0. The average molecular weight is 353 g/mol. The van der Waals surface area contributed by atoms with Crippen molar-refractivity contribution in [1.29, 1.82) is 0 Å². The SMILES string of the molecule is C[C@H]1O[C@@H](n2c[n+](C)c3c2N=C(N)NC3O)[C@H](O)[C@@H]1CC(=O)N(C)C. The van der Waals surface area contributed by atoms with Crippen LogP contribution in [0.3, 0.4) is 0 Å². The number of aliphatic hydroxyl groups is 2. The van der Waals surface area contributed by atoms with E-state index in [4.69, 9.17) is 10.5 Å². The monoisotopic (exact) mass is 353 g/mol. The number of aromatic nitrogens is 2. The second kappa shape index (κ2) is 6.28. The predicted molar refractivity (Wildman–Crippen MR) is 87.4 cm³/mol. The molecule has 5 atom stereocenters. The van der Waals surface area contributed by atoms with Crippen molar-refractivity contribution in [2.45, 2.75) is 38.0 Å². The number of carbonyl (C=O) groups excluding carboxylic acids is 1. The highest BCUT2D eigenvalue weighted by atomic mass is 16.5. The van der Waals surface area contributed by atoms with Gasteiger partial charge in [-0.2, -0.15) is 9.56 Å². The number of hydrogen-bond donors (Lipinski definition) is 4. The third kappa shape index (κ3) is 2.96. The number of nitrogens with zero attached hydrogens (tertiary/aromatic N) is 4. The Bertz CT molecular complexity index is 715. The van der Waals surface area contributed by atoms with Gasteiger partial charge in [-0.05, 0) is 6.92 Å². The number of hydrogen-bond acceptors (Lipinski definition) is 7. The Hall–Kier alpha value is -2.17. The molecule has 1 saturated heterocycles. The van der Waals surface area contributed by atoms with Crippen molar-refractivity contribution in [3.8, 4) is 0 Å². The highest BCUT2D eigenvalue weighted by Gasteiger charge is 2.48. The molecule has 2 aliphatic heterocycles. The van der Waals surface area contributed by atoms with E-state index in [1.165, 1.54) is 4.90 Å². The van der Waals surface area contributed by atoms with Crippen LogP contribution in [-0.2, 0) is 16.6 Å². The van der Waals surface area contributed by atoms with Gasteiger partial charge in [-0.1, -0.05) is 0 Å². The molecule has 3 heterocycles. The summed E-state index contributed by atoms with van der Waals surface area (Å²) in [6.07, 6.45) is -1.03. The lowest BCUT2D eigenvalue weighted by molar-refractivity contribution is -0.682. The Labute approximate surface area is 145 Å². The normalized spacial score (nSPS) is 31.3. The average Bonchev–Trinajstić information content (AvgIpc) is 2.98. The summed E-state index contributed by atoms with van der Waals surface area (Å²) in [5, 5.41) is 23.6. The van der Waals surface area contributed by atoms with Crippen LogP contribution in [0, 0.1) is 5.92 Å². The van der Waals surface area contributed by atoms with Gasteiger partial charge in [0.15, 0.2) is 12.2 Å². The molecule has 1 fully saturated rings. The molecule has 10 nitrogen and oxygen atoms in total. The molecule has 10 heteroatoms. The summed E-state index contributed by atoms with van der Waals surface area (Å²) in [4.78, 5) is 17.8. The first-order valence-electron chi connectivity index (χ1n) is 8.13. The largest absolute Gasteiger partial charge is 0.386 e. The van der Waals surface area contributed by atoms with E-state index in [0.717, 1.165) is 0 Å². The number of aryl methyl sites for hydroxylation is 1. The molecule has 0 aromatic carbocycles. The van der Waals surface area contributed by atoms with Gasteiger partial charge in [-0.3, -0.25) is 4.79 Å². The quantitative estimate of drug-likeness (QED) is 0.476. The van der Waals surface area contributed by atoms with Gasteiger partial charge in [0, 0.05) is 26.4 Å². The van der Waals surface area contributed by atoms with E-state index < -0.39 is 18.6 Å². The third-order valence-electron chi connectivity index (χ3n) is 4.79. The van der Waals surface area contributed by atoms with Crippen LogP contribution >= 0.6 is 0 Å². The molecule has 1 amide bonds. The van der Waals surface area contributed by atoms with Gasteiger partial charge in [-0.25, -0.2) is 4.57 Å². The van der Waals surface area contributed by atoms with Crippen molar-refractivity contribution < 1.29 is 24.3 Å². The molecule has 0 aliphatic carbocycles. The van der Waals surface area contributed by atoms with E-state index in [9.17, 15) is 15.0 Å². The molecule has 1 aromatic heterocycles. The van der Waals surface area contributed by atoms with E-state index in [0.29, 0.717) is 11.5 Å². The standard InChI is InChI=1S/C15H25N6O4/c1-7-8(5-9(22)19(2)3)11(23)14(25-7)21-6-20(4)10-12(21)17-15(16)18-13(10)24/h6-8,11,13-14,23-24H,5H2,1-4H3,(H3,16,17,18)/q+1/t7-,8-,11-,13?,14-/m1/s1. The first kappa shape index (κ1) is 17.6. The number of imidazole rings is 1. The Morgan fingerprint density at radius 3 is 2.84 bits per heavy atom. The maximum atomic E-state index is 12.0. The molecule has 0 radical (unpaired) electrons. The van der Waals surface area contributed by atoms with Crippen molar-refractivity contribution in [1.82, 2.24) is 14.8 Å². The van der Waals surface area contributed by atoms with E-state index in [1.54, 1.807) is 36.6 Å². The fourth-order valence-electron chi connectivity index (χ4n) is 3.36. The fourth-order valence-corrected chi connectivity index (χ4v) is 3.36. The van der Waals surface area contributed by atoms with Crippen LogP contribution in [-0.4, -0.2) is 57.9 Å². The highest BCUT2D eigenvalue weighted by Crippen LogP contribution is 2.39. The van der Waals surface area contributed by atoms with Gasteiger partial charge >= 0.3 is 0 Å². The van der Waals surface area contributed by atoms with E-state index >= 15 is 0 Å². The molecular formula is C15H25N6O4+. The van der Waals surface area contributed by atoms with E-state index in [2.05, 4.69) is 10.3 Å². The molecule has 5 N–H and O–H groups in total. The summed E-state index contributed by atoms with van der Waals surface area (Å²) < 4.78 is 9.26. The number of aliphatic imine (C=N–C) groups is 1. The smallest absolute Gasteiger partial charge is 0.274 e. The molecule has 138 valence electrons. The minimum atomic E-state index is -0.999. The Balaban J connectivity index is 1.92. The van der Waals surface area contributed by atoms with E-state index in [1.807, 2.05) is 6.92 Å². The molecule has 0 spiro atoms. The van der Waals surface area contributed by atoms with Crippen LogP contribution in [0.25, 0.3) is 0 Å². The van der Waals surface area contributed by atoms with Crippen LogP contribution in [0.15, 0.2) is 11.3 Å². The molecule has 25 heavy (non-hydrogen) atoms.